The molecule has 1 heterocycles. The van der Waals surface area contributed by atoms with Crippen LogP contribution in [-0.4, -0.2) is 18.5 Å². The van der Waals surface area contributed by atoms with Crippen LogP contribution in [0.5, 0.6) is 11.5 Å². The molecule has 0 amide bonds. The van der Waals surface area contributed by atoms with E-state index in [9.17, 15) is 9.90 Å². The normalized spacial score (nSPS) is 17.0. The van der Waals surface area contributed by atoms with Crippen molar-refractivity contribution in [2.45, 2.75) is 6.10 Å². The van der Waals surface area contributed by atoms with Gasteiger partial charge in [0.2, 0.25) is 0 Å². The van der Waals surface area contributed by atoms with E-state index in [2.05, 4.69) is 0 Å². The van der Waals surface area contributed by atoms with Gasteiger partial charge in [-0.1, -0.05) is 30.3 Å². The fourth-order valence-corrected chi connectivity index (χ4v) is 2.35. The fraction of sp³-hybridized carbons (Fsp3) is 0.118. The molecule has 1 atom stereocenters. The Morgan fingerprint density at radius 2 is 1.95 bits per heavy atom. The molecule has 0 saturated carbocycles. The van der Waals surface area contributed by atoms with E-state index >= 15 is 0 Å². The van der Waals surface area contributed by atoms with Crippen LogP contribution in [-0.2, 0) is 4.79 Å². The summed E-state index contributed by atoms with van der Waals surface area (Å²) in [4.78, 5) is 11.4. The number of rotatable bonds is 3. The Kier molecular flexibility index (Phi) is 3.46. The first-order chi connectivity index (χ1) is 10.2. The highest BCUT2D eigenvalue weighted by atomic mass is 16.5. The summed E-state index contributed by atoms with van der Waals surface area (Å²) in [6, 6.07) is 14.4. The van der Waals surface area contributed by atoms with Gasteiger partial charge in [-0.2, -0.15) is 0 Å². The topological polar surface area (TPSA) is 55.8 Å². The number of benzene rings is 2. The van der Waals surface area contributed by atoms with E-state index in [4.69, 9.17) is 9.47 Å². The molecule has 0 unspecified atom stereocenters. The van der Waals surface area contributed by atoms with Crippen LogP contribution >= 0.6 is 0 Å². The van der Waals surface area contributed by atoms with Crippen LogP contribution in [0.25, 0.3) is 5.76 Å². The minimum absolute atomic E-state index is 0.210. The third-order valence-electron chi connectivity index (χ3n) is 3.44. The smallest absolute Gasteiger partial charge is 0.152 e. The first kappa shape index (κ1) is 13.4. The highest BCUT2D eigenvalue weighted by Gasteiger charge is 2.29. The van der Waals surface area contributed by atoms with E-state index in [0.29, 0.717) is 29.1 Å². The minimum atomic E-state index is -1.03. The molecule has 0 spiro atoms. The molecule has 0 bridgehead atoms. The molecule has 2 aromatic rings. The second kappa shape index (κ2) is 5.42. The Morgan fingerprint density at radius 3 is 2.62 bits per heavy atom. The summed E-state index contributed by atoms with van der Waals surface area (Å²) in [7, 11) is 1.55. The average molecular weight is 282 g/mol. The van der Waals surface area contributed by atoms with E-state index in [-0.39, 0.29) is 5.57 Å². The van der Waals surface area contributed by atoms with E-state index < -0.39 is 6.10 Å². The van der Waals surface area contributed by atoms with Crippen LogP contribution in [0.1, 0.15) is 17.2 Å². The van der Waals surface area contributed by atoms with Crippen molar-refractivity contribution in [1.29, 1.82) is 0 Å². The predicted molar refractivity (Wildman–Crippen MR) is 78.0 cm³/mol. The highest BCUT2D eigenvalue weighted by Crippen LogP contribution is 2.41. The number of hydrogen-bond acceptors (Lipinski definition) is 4. The standard InChI is InChI=1S/C17H14O4/c1-20-12-7-8-15-13(9-12)16(19)14(10-18)17(21-15)11-5-3-2-4-6-11/h2-10,16,19H,1H3/t16-/m1/s1. The van der Waals surface area contributed by atoms with Gasteiger partial charge in [-0.25, -0.2) is 0 Å². The van der Waals surface area contributed by atoms with E-state index in [1.54, 1.807) is 25.3 Å². The highest BCUT2D eigenvalue weighted by molar-refractivity contribution is 5.89. The largest absolute Gasteiger partial charge is 0.497 e. The van der Waals surface area contributed by atoms with Crippen molar-refractivity contribution in [2.24, 2.45) is 0 Å². The van der Waals surface area contributed by atoms with E-state index in [0.717, 1.165) is 5.56 Å². The Morgan fingerprint density at radius 1 is 1.19 bits per heavy atom. The fourth-order valence-electron chi connectivity index (χ4n) is 2.35. The SMILES string of the molecule is COc1ccc2c(c1)[C@@H](O)C(C=O)=C(c1ccccc1)O2. The zero-order chi connectivity index (χ0) is 14.8. The van der Waals surface area contributed by atoms with Crippen LogP contribution in [0.4, 0.5) is 0 Å². The number of aldehydes is 1. The Bertz CT molecular complexity index is 704. The van der Waals surface area contributed by atoms with Crippen molar-refractivity contribution < 1.29 is 19.4 Å². The molecule has 1 aliphatic rings. The molecule has 0 fully saturated rings. The Balaban J connectivity index is 2.12. The summed E-state index contributed by atoms with van der Waals surface area (Å²) < 4.78 is 11.0. The number of ether oxygens (including phenoxy) is 2. The van der Waals surface area contributed by atoms with Gasteiger partial charge in [0.15, 0.2) is 6.29 Å². The zero-order valence-electron chi connectivity index (χ0n) is 11.4. The minimum Gasteiger partial charge on any atom is -0.497 e. The molecule has 4 nitrogen and oxygen atoms in total. The number of hydrogen-bond donors (Lipinski definition) is 1. The van der Waals surface area contributed by atoms with Gasteiger partial charge in [0.05, 0.1) is 12.7 Å². The molecule has 1 aliphatic heterocycles. The van der Waals surface area contributed by atoms with Crippen molar-refractivity contribution >= 4 is 12.0 Å². The lowest BCUT2D eigenvalue weighted by atomic mass is 9.95. The van der Waals surface area contributed by atoms with Crippen LogP contribution in [0, 0.1) is 0 Å². The third-order valence-corrected chi connectivity index (χ3v) is 3.44. The van der Waals surface area contributed by atoms with Crippen LogP contribution in [0.3, 0.4) is 0 Å². The summed E-state index contributed by atoms with van der Waals surface area (Å²) in [6.45, 7) is 0. The van der Waals surface area contributed by atoms with E-state index in [1.807, 2.05) is 30.3 Å². The van der Waals surface area contributed by atoms with Gasteiger partial charge in [-0.15, -0.1) is 0 Å². The second-order valence-corrected chi connectivity index (χ2v) is 4.68. The lowest BCUT2D eigenvalue weighted by Crippen LogP contribution is -2.16. The molecule has 0 aromatic heterocycles. The molecule has 3 rings (SSSR count). The monoisotopic (exact) mass is 282 g/mol. The first-order valence-corrected chi connectivity index (χ1v) is 6.53. The summed E-state index contributed by atoms with van der Waals surface area (Å²) >= 11 is 0. The van der Waals surface area contributed by atoms with Crippen molar-refractivity contribution in [1.82, 2.24) is 0 Å². The molecule has 4 heteroatoms. The van der Waals surface area contributed by atoms with E-state index in [1.165, 1.54) is 0 Å². The number of fused-ring (bicyclic) bond motifs is 1. The molecule has 0 saturated heterocycles. The molecule has 0 radical (unpaired) electrons. The van der Waals surface area contributed by atoms with Crippen LogP contribution in [0.2, 0.25) is 0 Å². The van der Waals surface area contributed by atoms with Crippen molar-refractivity contribution in [3.63, 3.8) is 0 Å². The maximum atomic E-state index is 11.4. The maximum absolute atomic E-state index is 11.4. The molecule has 106 valence electrons. The predicted octanol–water partition coefficient (Wildman–Crippen LogP) is 2.73. The van der Waals surface area contributed by atoms with Crippen molar-refractivity contribution in [2.75, 3.05) is 7.11 Å². The summed E-state index contributed by atoms with van der Waals surface area (Å²) in [5.41, 5.74) is 1.48. The Hall–Kier alpha value is -2.59. The Labute approximate surface area is 122 Å². The summed E-state index contributed by atoms with van der Waals surface area (Å²) in [5, 5.41) is 10.4. The molecular weight excluding hydrogens is 268 g/mol. The van der Waals surface area contributed by atoms with Crippen LogP contribution < -0.4 is 9.47 Å². The molecular formula is C17H14O4. The number of methoxy groups -OCH3 is 1. The third kappa shape index (κ3) is 2.30. The van der Waals surface area contributed by atoms with Crippen LogP contribution in [0.15, 0.2) is 54.1 Å². The molecule has 21 heavy (non-hydrogen) atoms. The second-order valence-electron chi connectivity index (χ2n) is 4.68. The molecule has 2 aromatic carbocycles. The number of carbonyl (C=O) groups is 1. The number of aliphatic hydroxyl groups excluding tert-OH is 1. The van der Waals surface area contributed by atoms with Gasteiger partial charge in [-0.05, 0) is 18.2 Å². The number of carbonyl (C=O) groups excluding carboxylic acids is 1. The summed E-state index contributed by atoms with van der Waals surface area (Å²) in [5.74, 6) is 1.51. The van der Waals surface area contributed by atoms with Gasteiger partial charge in [-0.3, -0.25) is 4.79 Å². The maximum Gasteiger partial charge on any atom is 0.152 e. The quantitative estimate of drug-likeness (QED) is 0.879. The zero-order valence-corrected chi connectivity index (χ0v) is 11.4. The van der Waals surface area contributed by atoms with Gasteiger partial charge in [0, 0.05) is 11.1 Å². The van der Waals surface area contributed by atoms with Crippen molar-refractivity contribution in [3.05, 3.63) is 65.2 Å². The van der Waals surface area contributed by atoms with Gasteiger partial charge in [0.1, 0.15) is 23.4 Å². The van der Waals surface area contributed by atoms with Crippen molar-refractivity contribution in [3.8, 4) is 11.5 Å². The van der Waals surface area contributed by atoms with Gasteiger partial charge >= 0.3 is 0 Å². The summed E-state index contributed by atoms with van der Waals surface area (Å²) in [6.07, 6.45) is -0.397. The lowest BCUT2D eigenvalue weighted by molar-refractivity contribution is -0.105. The van der Waals surface area contributed by atoms with Gasteiger partial charge in [0.25, 0.3) is 0 Å². The lowest BCUT2D eigenvalue weighted by Gasteiger charge is -2.25. The number of aliphatic hydroxyl groups is 1. The average Bonchev–Trinajstić information content (AvgIpc) is 2.55. The molecule has 1 N–H and O–H groups in total. The first-order valence-electron chi connectivity index (χ1n) is 6.53. The van der Waals surface area contributed by atoms with Gasteiger partial charge < -0.3 is 14.6 Å². The molecule has 0 aliphatic carbocycles.